The maximum Gasteiger partial charge on any atom is 0.255 e. The molecule has 0 atom stereocenters. The standard InChI is InChI=1S/C6H10N2O2/c9-5-6(3-7-4-6)10-2-1-8-5/h7H,1-4H2,(H,8,9). The molecule has 0 aliphatic carbocycles. The minimum absolute atomic E-state index is 0.0394. The van der Waals surface area contributed by atoms with Crippen LogP contribution in [0.4, 0.5) is 0 Å². The molecule has 4 heteroatoms. The van der Waals surface area contributed by atoms with Gasteiger partial charge in [0.25, 0.3) is 5.91 Å². The summed E-state index contributed by atoms with van der Waals surface area (Å²) in [7, 11) is 0. The number of rotatable bonds is 0. The summed E-state index contributed by atoms with van der Waals surface area (Å²) in [4.78, 5) is 11.1. The van der Waals surface area contributed by atoms with Crippen molar-refractivity contribution < 1.29 is 9.53 Å². The van der Waals surface area contributed by atoms with E-state index in [2.05, 4.69) is 10.6 Å². The Labute approximate surface area is 58.9 Å². The van der Waals surface area contributed by atoms with Crippen LogP contribution < -0.4 is 10.6 Å². The van der Waals surface area contributed by atoms with Crippen LogP contribution in [0.25, 0.3) is 0 Å². The van der Waals surface area contributed by atoms with Crippen molar-refractivity contribution in [1.82, 2.24) is 10.6 Å². The van der Waals surface area contributed by atoms with E-state index in [9.17, 15) is 4.79 Å². The van der Waals surface area contributed by atoms with E-state index in [0.29, 0.717) is 26.2 Å². The molecule has 1 amide bonds. The van der Waals surface area contributed by atoms with Gasteiger partial charge in [-0.2, -0.15) is 0 Å². The van der Waals surface area contributed by atoms with Crippen LogP contribution in [-0.4, -0.2) is 37.7 Å². The lowest BCUT2D eigenvalue weighted by molar-refractivity contribution is -0.162. The lowest BCUT2D eigenvalue weighted by Gasteiger charge is -2.43. The molecule has 4 nitrogen and oxygen atoms in total. The van der Waals surface area contributed by atoms with E-state index in [0.717, 1.165) is 0 Å². The molecule has 0 saturated carbocycles. The predicted molar refractivity (Wildman–Crippen MR) is 34.6 cm³/mol. The minimum atomic E-state index is -0.502. The number of hydrogen-bond donors (Lipinski definition) is 2. The summed E-state index contributed by atoms with van der Waals surface area (Å²) in [5.74, 6) is 0.0394. The van der Waals surface area contributed by atoms with Gasteiger partial charge in [-0.25, -0.2) is 0 Å². The Morgan fingerprint density at radius 3 is 2.70 bits per heavy atom. The van der Waals surface area contributed by atoms with E-state index in [1.54, 1.807) is 0 Å². The maximum absolute atomic E-state index is 11.1. The molecule has 0 aromatic rings. The molecule has 56 valence electrons. The van der Waals surface area contributed by atoms with E-state index in [1.165, 1.54) is 0 Å². The van der Waals surface area contributed by atoms with Crippen LogP contribution in [0.1, 0.15) is 0 Å². The molecular weight excluding hydrogens is 132 g/mol. The summed E-state index contributed by atoms with van der Waals surface area (Å²) < 4.78 is 5.34. The van der Waals surface area contributed by atoms with Crippen LogP contribution in [0.15, 0.2) is 0 Å². The highest BCUT2D eigenvalue weighted by Gasteiger charge is 2.47. The summed E-state index contributed by atoms with van der Waals surface area (Å²) in [6.45, 7) is 2.63. The number of amides is 1. The monoisotopic (exact) mass is 142 g/mol. The van der Waals surface area contributed by atoms with Gasteiger partial charge in [-0.1, -0.05) is 0 Å². The van der Waals surface area contributed by atoms with Crippen LogP contribution in [0.2, 0.25) is 0 Å². The molecule has 1 spiro atoms. The Morgan fingerprint density at radius 2 is 2.30 bits per heavy atom. The number of carbonyl (C=O) groups is 1. The van der Waals surface area contributed by atoms with Gasteiger partial charge in [-0.15, -0.1) is 0 Å². The summed E-state index contributed by atoms with van der Waals surface area (Å²) in [5.41, 5.74) is -0.502. The predicted octanol–water partition coefficient (Wildman–Crippen LogP) is -1.53. The average Bonchev–Trinajstić information content (AvgIpc) is 1.85. The number of ether oxygens (including phenoxy) is 1. The topological polar surface area (TPSA) is 50.4 Å². The van der Waals surface area contributed by atoms with Crippen molar-refractivity contribution in [2.75, 3.05) is 26.2 Å². The molecule has 0 aromatic heterocycles. The summed E-state index contributed by atoms with van der Waals surface area (Å²) in [6.07, 6.45) is 0. The van der Waals surface area contributed by atoms with Gasteiger partial charge in [0.1, 0.15) is 0 Å². The molecule has 0 radical (unpaired) electrons. The van der Waals surface area contributed by atoms with E-state index in [1.807, 2.05) is 0 Å². The molecule has 2 aliphatic heterocycles. The molecule has 2 aliphatic rings. The van der Waals surface area contributed by atoms with Crippen molar-refractivity contribution in [1.29, 1.82) is 0 Å². The fourth-order valence-electron chi connectivity index (χ4n) is 1.25. The van der Waals surface area contributed by atoms with Gasteiger partial charge in [0, 0.05) is 19.6 Å². The van der Waals surface area contributed by atoms with Gasteiger partial charge in [0.15, 0.2) is 5.60 Å². The Kier molecular flexibility index (Phi) is 1.18. The van der Waals surface area contributed by atoms with Crippen molar-refractivity contribution in [3.05, 3.63) is 0 Å². The van der Waals surface area contributed by atoms with Crippen LogP contribution in [0.3, 0.4) is 0 Å². The number of carbonyl (C=O) groups excluding carboxylic acids is 1. The summed E-state index contributed by atoms with van der Waals surface area (Å²) >= 11 is 0. The van der Waals surface area contributed by atoms with Gasteiger partial charge in [-0.3, -0.25) is 4.79 Å². The zero-order valence-corrected chi connectivity index (χ0v) is 5.64. The first-order valence-corrected chi connectivity index (χ1v) is 3.46. The first kappa shape index (κ1) is 6.12. The van der Waals surface area contributed by atoms with E-state index < -0.39 is 5.60 Å². The van der Waals surface area contributed by atoms with Crippen LogP contribution in [-0.2, 0) is 9.53 Å². The number of nitrogens with one attached hydrogen (secondary N) is 2. The van der Waals surface area contributed by atoms with Gasteiger partial charge in [-0.05, 0) is 0 Å². The van der Waals surface area contributed by atoms with Crippen molar-refractivity contribution in [3.63, 3.8) is 0 Å². The molecule has 2 N–H and O–H groups in total. The fraction of sp³-hybridized carbons (Fsp3) is 0.833. The third kappa shape index (κ3) is 0.660. The second-order valence-corrected chi connectivity index (χ2v) is 2.70. The highest BCUT2D eigenvalue weighted by atomic mass is 16.5. The second-order valence-electron chi connectivity index (χ2n) is 2.70. The molecule has 2 heterocycles. The Bertz CT molecular complexity index is 165. The van der Waals surface area contributed by atoms with Crippen LogP contribution in [0, 0.1) is 0 Å². The molecule has 10 heavy (non-hydrogen) atoms. The van der Waals surface area contributed by atoms with Gasteiger partial charge in [0.2, 0.25) is 0 Å². The molecule has 2 saturated heterocycles. The molecule has 0 unspecified atom stereocenters. The summed E-state index contributed by atoms with van der Waals surface area (Å²) in [5, 5.41) is 5.79. The van der Waals surface area contributed by atoms with Crippen LogP contribution >= 0.6 is 0 Å². The molecule has 2 rings (SSSR count). The highest BCUT2D eigenvalue weighted by Crippen LogP contribution is 2.18. The zero-order chi connectivity index (χ0) is 7.03. The Morgan fingerprint density at radius 1 is 1.50 bits per heavy atom. The average molecular weight is 142 g/mol. The molecule has 2 fully saturated rings. The Hall–Kier alpha value is -0.610. The fourth-order valence-corrected chi connectivity index (χ4v) is 1.25. The highest BCUT2D eigenvalue weighted by molar-refractivity contribution is 5.87. The zero-order valence-electron chi connectivity index (χ0n) is 5.64. The normalized spacial score (nSPS) is 29.4. The first-order valence-electron chi connectivity index (χ1n) is 3.46. The smallest absolute Gasteiger partial charge is 0.255 e. The number of morpholine rings is 1. The number of hydrogen-bond acceptors (Lipinski definition) is 3. The van der Waals surface area contributed by atoms with Gasteiger partial charge >= 0.3 is 0 Å². The first-order chi connectivity index (χ1) is 4.83. The lowest BCUT2D eigenvalue weighted by atomic mass is 9.95. The van der Waals surface area contributed by atoms with Crippen molar-refractivity contribution >= 4 is 5.91 Å². The van der Waals surface area contributed by atoms with Crippen molar-refractivity contribution in [2.45, 2.75) is 5.60 Å². The maximum atomic E-state index is 11.1. The van der Waals surface area contributed by atoms with Gasteiger partial charge in [0.05, 0.1) is 6.61 Å². The van der Waals surface area contributed by atoms with E-state index in [-0.39, 0.29) is 5.91 Å². The second kappa shape index (κ2) is 1.93. The van der Waals surface area contributed by atoms with Crippen LogP contribution in [0.5, 0.6) is 0 Å². The van der Waals surface area contributed by atoms with Crippen molar-refractivity contribution in [3.8, 4) is 0 Å². The third-order valence-electron chi connectivity index (χ3n) is 2.00. The van der Waals surface area contributed by atoms with E-state index >= 15 is 0 Å². The molecule has 0 bridgehead atoms. The minimum Gasteiger partial charge on any atom is -0.361 e. The summed E-state index contributed by atoms with van der Waals surface area (Å²) in [6, 6.07) is 0. The third-order valence-corrected chi connectivity index (χ3v) is 2.00. The van der Waals surface area contributed by atoms with E-state index in [4.69, 9.17) is 4.74 Å². The quantitative estimate of drug-likeness (QED) is 0.431. The Balaban J connectivity index is 2.10. The molecule has 0 aromatic carbocycles. The SMILES string of the molecule is O=C1NCCOC12CNC2. The lowest BCUT2D eigenvalue weighted by Crippen LogP contribution is -2.71. The largest absolute Gasteiger partial charge is 0.361 e. The van der Waals surface area contributed by atoms with Gasteiger partial charge < -0.3 is 15.4 Å². The van der Waals surface area contributed by atoms with Crippen molar-refractivity contribution in [2.24, 2.45) is 0 Å². The molecular formula is C6H10N2O2.